The summed E-state index contributed by atoms with van der Waals surface area (Å²) in [6, 6.07) is 7.29. The Bertz CT molecular complexity index is 334. The molecule has 0 saturated carbocycles. The quantitative estimate of drug-likeness (QED) is 0.830. The second-order valence-electron chi connectivity index (χ2n) is 4.33. The smallest absolute Gasteiger partial charge is 0.263 e. The van der Waals surface area contributed by atoms with Gasteiger partial charge in [-0.15, -0.1) is 0 Å². The van der Waals surface area contributed by atoms with E-state index in [2.05, 4.69) is 12.2 Å². The van der Waals surface area contributed by atoms with Gasteiger partial charge in [0.25, 0.3) is 6.43 Å². The topological polar surface area (TPSA) is 12.0 Å². The molecule has 1 aliphatic heterocycles. The van der Waals surface area contributed by atoms with E-state index in [0.29, 0.717) is 12.0 Å². The van der Waals surface area contributed by atoms with Crippen LogP contribution in [-0.2, 0) is 0 Å². The highest BCUT2D eigenvalue weighted by Crippen LogP contribution is 2.30. The Morgan fingerprint density at radius 2 is 2.00 bits per heavy atom. The molecule has 16 heavy (non-hydrogen) atoms. The lowest BCUT2D eigenvalue weighted by Crippen LogP contribution is -2.24. The molecule has 88 valence electrons. The second-order valence-corrected chi connectivity index (χ2v) is 4.33. The van der Waals surface area contributed by atoms with Crippen LogP contribution in [0.2, 0.25) is 0 Å². The highest BCUT2D eigenvalue weighted by Gasteiger charge is 2.26. The molecule has 1 aromatic carbocycles. The predicted molar refractivity (Wildman–Crippen MR) is 60.8 cm³/mol. The molecule has 1 heterocycles. The maximum atomic E-state index is 12.4. The van der Waals surface area contributed by atoms with Crippen molar-refractivity contribution in [2.45, 2.75) is 38.2 Å². The maximum absolute atomic E-state index is 12.4. The van der Waals surface area contributed by atoms with E-state index in [0.717, 1.165) is 19.4 Å². The van der Waals surface area contributed by atoms with Crippen LogP contribution in [0.25, 0.3) is 0 Å². The Hall–Kier alpha value is -0.960. The number of rotatable bonds is 3. The number of halogens is 2. The molecule has 1 fully saturated rings. The Kier molecular flexibility index (Phi) is 3.54. The van der Waals surface area contributed by atoms with Crippen LogP contribution >= 0.6 is 0 Å². The third-order valence-electron chi connectivity index (χ3n) is 3.40. The van der Waals surface area contributed by atoms with Crippen molar-refractivity contribution in [1.29, 1.82) is 0 Å². The Morgan fingerprint density at radius 3 is 2.56 bits per heavy atom. The van der Waals surface area contributed by atoms with E-state index in [9.17, 15) is 8.78 Å². The molecule has 0 radical (unpaired) electrons. The van der Waals surface area contributed by atoms with E-state index < -0.39 is 6.43 Å². The Balaban J connectivity index is 2.15. The molecule has 1 aliphatic rings. The summed E-state index contributed by atoms with van der Waals surface area (Å²) >= 11 is 0. The molecule has 0 aromatic heterocycles. The van der Waals surface area contributed by atoms with Gasteiger partial charge in [0.05, 0.1) is 0 Å². The molecule has 1 saturated heterocycles. The molecule has 1 nitrogen and oxygen atoms in total. The minimum Gasteiger partial charge on any atom is -0.313 e. The molecule has 2 rings (SSSR count). The van der Waals surface area contributed by atoms with E-state index in [-0.39, 0.29) is 5.56 Å². The van der Waals surface area contributed by atoms with E-state index in [1.165, 1.54) is 5.56 Å². The number of hydrogen-bond donors (Lipinski definition) is 1. The lowest BCUT2D eigenvalue weighted by molar-refractivity contribution is 0.151. The fourth-order valence-corrected chi connectivity index (χ4v) is 2.48. The van der Waals surface area contributed by atoms with E-state index >= 15 is 0 Å². The molecule has 2 atom stereocenters. The summed E-state index contributed by atoms with van der Waals surface area (Å²) < 4.78 is 24.8. The third kappa shape index (κ3) is 2.24. The van der Waals surface area contributed by atoms with Gasteiger partial charge in [0.2, 0.25) is 0 Å². The van der Waals surface area contributed by atoms with Crippen LogP contribution in [-0.4, -0.2) is 12.6 Å². The van der Waals surface area contributed by atoms with Gasteiger partial charge in [0, 0.05) is 17.5 Å². The van der Waals surface area contributed by atoms with Crippen molar-refractivity contribution < 1.29 is 8.78 Å². The van der Waals surface area contributed by atoms with Crippen LogP contribution < -0.4 is 5.32 Å². The van der Waals surface area contributed by atoms with E-state index in [4.69, 9.17) is 0 Å². The number of alkyl halides is 2. The first-order valence-corrected chi connectivity index (χ1v) is 5.83. The van der Waals surface area contributed by atoms with Gasteiger partial charge in [-0.1, -0.05) is 31.2 Å². The number of hydrogen-bond acceptors (Lipinski definition) is 1. The average Bonchev–Trinajstić information content (AvgIpc) is 2.77. The van der Waals surface area contributed by atoms with Crippen molar-refractivity contribution in [3.8, 4) is 0 Å². The van der Waals surface area contributed by atoms with Crippen LogP contribution in [0.3, 0.4) is 0 Å². The fourth-order valence-electron chi connectivity index (χ4n) is 2.48. The van der Waals surface area contributed by atoms with Gasteiger partial charge in [-0.3, -0.25) is 0 Å². The summed E-state index contributed by atoms with van der Waals surface area (Å²) in [5, 5.41) is 3.44. The van der Waals surface area contributed by atoms with Crippen molar-refractivity contribution in [3.05, 3.63) is 35.4 Å². The first-order chi connectivity index (χ1) is 7.72. The van der Waals surface area contributed by atoms with Crippen molar-refractivity contribution >= 4 is 0 Å². The average molecular weight is 225 g/mol. The summed E-state index contributed by atoms with van der Waals surface area (Å²) in [4.78, 5) is 0. The van der Waals surface area contributed by atoms with Gasteiger partial charge in [0.15, 0.2) is 0 Å². The van der Waals surface area contributed by atoms with Gasteiger partial charge in [-0.2, -0.15) is 0 Å². The highest BCUT2D eigenvalue weighted by molar-refractivity contribution is 5.28. The summed E-state index contributed by atoms with van der Waals surface area (Å²) in [6.45, 7) is 3.18. The normalized spacial score (nSPS) is 25.2. The van der Waals surface area contributed by atoms with Crippen LogP contribution in [0.1, 0.15) is 43.2 Å². The first kappa shape index (κ1) is 11.5. The van der Waals surface area contributed by atoms with Gasteiger partial charge in [0.1, 0.15) is 0 Å². The molecule has 0 bridgehead atoms. The first-order valence-electron chi connectivity index (χ1n) is 5.83. The zero-order valence-electron chi connectivity index (χ0n) is 9.42. The molecule has 0 amide bonds. The molecule has 0 aliphatic carbocycles. The SMILES string of the molecule is CCC1NCCC1c1ccc(C(F)F)cc1. The van der Waals surface area contributed by atoms with Crippen molar-refractivity contribution in [2.24, 2.45) is 0 Å². The van der Waals surface area contributed by atoms with Gasteiger partial charge in [-0.05, 0) is 24.9 Å². The van der Waals surface area contributed by atoms with Crippen molar-refractivity contribution in [1.82, 2.24) is 5.32 Å². The zero-order valence-corrected chi connectivity index (χ0v) is 9.42. The van der Waals surface area contributed by atoms with E-state index in [1.807, 2.05) is 12.1 Å². The lowest BCUT2D eigenvalue weighted by atomic mass is 9.90. The highest BCUT2D eigenvalue weighted by atomic mass is 19.3. The second kappa shape index (κ2) is 4.91. The van der Waals surface area contributed by atoms with Crippen LogP contribution in [0.15, 0.2) is 24.3 Å². The summed E-state index contributed by atoms with van der Waals surface area (Å²) in [5.74, 6) is 0.483. The van der Waals surface area contributed by atoms with Crippen molar-refractivity contribution in [3.63, 3.8) is 0 Å². The van der Waals surface area contributed by atoms with Gasteiger partial charge < -0.3 is 5.32 Å². The zero-order chi connectivity index (χ0) is 11.5. The summed E-state index contributed by atoms with van der Waals surface area (Å²) in [5.41, 5.74) is 1.30. The van der Waals surface area contributed by atoms with Gasteiger partial charge in [-0.25, -0.2) is 8.78 Å². The van der Waals surface area contributed by atoms with Crippen molar-refractivity contribution in [2.75, 3.05) is 6.54 Å². The number of benzene rings is 1. The monoisotopic (exact) mass is 225 g/mol. The fraction of sp³-hybridized carbons (Fsp3) is 0.538. The van der Waals surface area contributed by atoms with Crippen LogP contribution in [0.4, 0.5) is 8.78 Å². The Labute approximate surface area is 94.9 Å². The Morgan fingerprint density at radius 1 is 1.31 bits per heavy atom. The third-order valence-corrected chi connectivity index (χ3v) is 3.40. The largest absolute Gasteiger partial charge is 0.313 e. The van der Waals surface area contributed by atoms with Crippen LogP contribution in [0, 0.1) is 0 Å². The predicted octanol–water partition coefficient (Wildman–Crippen LogP) is 3.48. The standard InChI is InChI=1S/C13H17F2N/c1-2-12-11(7-8-16-12)9-3-5-10(6-4-9)13(14)15/h3-6,11-13,16H,2,7-8H2,1H3. The molecule has 0 spiro atoms. The number of nitrogens with one attached hydrogen (secondary N) is 1. The minimum absolute atomic E-state index is 0.114. The van der Waals surface area contributed by atoms with Gasteiger partial charge >= 0.3 is 0 Å². The maximum Gasteiger partial charge on any atom is 0.263 e. The van der Waals surface area contributed by atoms with E-state index in [1.54, 1.807) is 12.1 Å². The summed E-state index contributed by atoms with van der Waals surface area (Å²) in [7, 11) is 0. The van der Waals surface area contributed by atoms with Crippen LogP contribution in [0.5, 0.6) is 0 Å². The lowest BCUT2D eigenvalue weighted by Gasteiger charge is -2.18. The molecular weight excluding hydrogens is 208 g/mol. The molecule has 1 N–H and O–H groups in total. The summed E-state index contributed by atoms with van der Waals surface area (Å²) in [6.07, 6.45) is -0.175. The molecule has 1 aromatic rings. The molecule has 3 heteroatoms. The minimum atomic E-state index is -2.36. The molecule has 2 unspecified atom stereocenters. The molecular formula is C13H17F2N.